The predicted octanol–water partition coefficient (Wildman–Crippen LogP) is 3.21. The number of carbonyl (C=O) groups is 1. The highest BCUT2D eigenvalue weighted by atomic mass is 16.6. The Morgan fingerprint density at radius 3 is 2.57 bits per heavy atom. The number of nitrogens with two attached hydrogens (primary N) is 1. The number of aliphatic hydroxyl groups is 1. The van der Waals surface area contributed by atoms with Crippen LogP contribution in [-0.2, 0) is 15.9 Å². The van der Waals surface area contributed by atoms with Gasteiger partial charge in [0.05, 0.1) is 12.3 Å². The van der Waals surface area contributed by atoms with E-state index >= 15 is 0 Å². The molecule has 8 nitrogen and oxygen atoms in total. The number of primary amides is 1. The van der Waals surface area contributed by atoms with Crippen LogP contribution < -0.4 is 5.73 Å². The zero-order chi connectivity index (χ0) is 21.5. The molecule has 0 aliphatic heterocycles. The van der Waals surface area contributed by atoms with Crippen LogP contribution >= 0.6 is 0 Å². The second-order valence-corrected chi connectivity index (χ2v) is 7.74. The normalized spacial score (nSPS) is 18.8. The van der Waals surface area contributed by atoms with Crippen molar-refractivity contribution in [3.8, 4) is 0 Å². The first kappa shape index (κ1) is 23.9. The summed E-state index contributed by atoms with van der Waals surface area (Å²) < 4.78 is 9.63. The summed E-state index contributed by atoms with van der Waals surface area (Å²) in [5.41, 5.74) is 15.0. The fourth-order valence-electron chi connectivity index (χ4n) is 2.64. The van der Waals surface area contributed by atoms with Gasteiger partial charge in [0.2, 0.25) is 0 Å². The molecule has 0 fully saturated rings. The number of carbonyl (C=O) groups excluding carboxylic acids is 1. The van der Waals surface area contributed by atoms with Gasteiger partial charge in [-0.15, -0.1) is 0 Å². The van der Waals surface area contributed by atoms with Gasteiger partial charge in [0.15, 0.2) is 0 Å². The maximum Gasteiger partial charge on any atom is 0.405 e. The number of nitrogens with zero attached hydrogens (tertiary/aromatic N) is 2. The van der Waals surface area contributed by atoms with E-state index in [0.717, 1.165) is 29.2 Å². The molecule has 1 amide bonds. The Bertz CT molecular complexity index is 685. The first-order valence-electron chi connectivity index (χ1n) is 9.20. The fourth-order valence-corrected chi connectivity index (χ4v) is 2.64. The van der Waals surface area contributed by atoms with Gasteiger partial charge >= 0.3 is 6.09 Å². The molecule has 1 aromatic carbocycles. The SMILES string of the molecule is CC(C)(C)OC(N)=O.COCCN(C)C(C)=Nc1ccc2c(c1)[C@@H]([NH-])[C@H](O)C2. The highest BCUT2D eigenvalue weighted by Gasteiger charge is 2.22. The number of hydrogen-bond donors (Lipinski definition) is 2. The minimum Gasteiger partial charge on any atom is -0.669 e. The quantitative estimate of drug-likeness (QED) is 0.601. The smallest absolute Gasteiger partial charge is 0.405 e. The summed E-state index contributed by atoms with van der Waals surface area (Å²) in [5, 5.41) is 9.73. The van der Waals surface area contributed by atoms with Crippen LogP contribution in [0.4, 0.5) is 10.5 Å². The first-order chi connectivity index (χ1) is 12.9. The molecule has 0 unspecified atom stereocenters. The number of aliphatic imine (C=N–C) groups is 1. The number of aliphatic hydroxyl groups excluding tert-OH is 1. The molecule has 0 heterocycles. The third kappa shape index (κ3) is 7.84. The van der Waals surface area contributed by atoms with E-state index in [1.54, 1.807) is 27.9 Å². The van der Waals surface area contributed by atoms with E-state index in [-0.39, 0.29) is 0 Å². The van der Waals surface area contributed by atoms with Gasteiger partial charge in [-0.1, -0.05) is 17.7 Å². The Labute approximate surface area is 167 Å². The molecule has 0 bridgehead atoms. The van der Waals surface area contributed by atoms with Crippen molar-refractivity contribution in [1.82, 2.24) is 4.90 Å². The fraction of sp³-hybridized carbons (Fsp3) is 0.600. The summed E-state index contributed by atoms with van der Waals surface area (Å²) in [6.07, 6.45) is -0.743. The van der Waals surface area contributed by atoms with Crippen LogP contribution in [0.5, 0.6) is 0 Å². The monoisotopic (exact) mass is 393 g/mol. The van der Waals surface area contributed by atoms with Crippen LogP contribution in [-0.4, -0.2) is 60.9 Å². The van der Waals surface area contributed by atoms with Gasteiger partial charge < -0.3 is 30.9 Å². The molecule has 158 valence electrons. The second kappa shape index (κ2) is 10.4. The van der Waals surface area contributed by atoms with E-state index < -0.39 is 23.8 Å². The van der Waals surface area contributed by atoms with Crippen molar-refractivity contribution in [2.45, 2.75) is 51.9 Å². The van der Waals surface area contributed by atoms with Gasteiger partial charge in [-0.25, -0.2) is 9.79 Å². The van der Waals surface area contributed by atoms with Crippen LogP contribution in [0, 0.1) is 0 Å². The third-order valence-corrected chi connectivity index (χ3v) is 4.16. The number of likely N-dealkylation sites (N-methyl/N-ethyl adjacent to an activating group) is 1. The van der Waals surface area contributed by atoms with E-state index in [4.69, 9.17) is 16.2 Å². The van der Waals surface area contributed by atoms with E-state index in [0.29, 0.717) is 13.0 Å². The zero-order valence-corrected chi connectivity index (χ0v) is 17.7. The molecule has 0 saturated carbocycles. The van der Waals surface area contributed by atoms with Crippen molar-refractivity contribution in [2.24, 2.45) is 10.7 Å². The minimum atomic E-state index is -0.725. The van der Waals surface area contributed by atoms with Crippen LogP contribution in [0.1, 0.15) is 44.9 Å². The maximum absolute atomic E-state index is 10.0. The van der Waals surface area contributed by atoms with Gasteiger partial charge in [-0.3, -0.25) is 0 Å². The lowest BCUT2D eigenvalue weighted by atomic mass is 10.1. The van der Waals surface area contributed by atoms with Crippen molar-refractivity contribution in [3.05, 3.63) is 35.1 Å². The summed E-state index contributed by atoms with van der Waals surface area (Å²) in [7, 11) is 3.66. The van der Waals surface area contributed by atoms with Crippen LogP contribution in [0.3, 0.4) is 0 Å². The summed E-state index contributed by atoms with van der Waals surface area (Å²) in [5.74, 6) is 0.905. The number of ether oxygens (including phenoxy) is 2. The molecule has 8 heteroatoms. The van der Waals surface area contributed by atoms with E-state index in [2.05, 4.69) is 9.73 Å². The molecule has 0 radical (unpaired) electrons. The second-order valence-electron chi connectivity index (χ2n) is 7.74. The number of methoxy groups -OCH3 is 1. The van der Waals surface area contributed by atoms with Crippen molar-refractivity contribution in [3.63, 3.8) is 0 Å². The first-order valence-corrected chi connectivity index (χ1v) is 9.20. The highest BCUT2D eigenvalue weighted by molar-refractivity contribution is 5.82. The molecule has 28 heavy (non-hydrogen) atoms. The largest absolute Gasteiger partial charge is 0.669 e. The Morgan fingerprint density at radius 1 is 1.43 bits per heavy atom. The zero-order valence-electron chi connectivity index (χ0n) is 17.7. The summed E-state index contributed by atoms with van der Waals surface area (Å²) >= 11 is 0. The third-order valence-electron chi connectivity index (χ3n) is 4.16. The molecule has 1 aromatic rings. The number of amidine groups is 1. The Balaban J connectivity index is 0.000000416. The molecule has 0 aromatic heterocycles. The van der Waals surface area contributed by atoms with Crippen LogP contribution in [0.2, 0.25) is 0 Å². The van der Waals surface area contributed by atoms with Gasteiger partial charge in [0.25, 0.3) is 0 Å². The van der Waals surface area contributed by atoms with E-state index in [1.165, 1.54) is 0 Å². The van der Waals surface area contributed by atoms with Crippen LogP contribution in [0.25, 0.3) is 5.73 Å². The standard InChI is InChI=1S/C15H22N3O2.C5H11NO2/c1-10(18(2)6-7-20-3)17-12-5-4-11-8-14(19)15(16)13(11)9-12;1-5(2,3)8-4(6)7/h4-5,9,14-16,19H,6-8H2,1-3H3;1-3H3,(H2,6,7)/q-1;/t14-,15-;/m1./s1. The average molecular weight is 394 g/mol. The van der Waals surface area contributed by atoms with E-state index in [1.807, 2.05) is 37.1 Å². The number of benzene rings is 1. The maximum atomic E-state index is 10.0. The number of hydrogen-bond acceptors (Lipinski definition) is 5. The predicted molar refractivity (Wildman–Crippen MR) is 111 cm³/mol. The molecule has 0 saturated heterocycles. The van der Waals surface area contributed by atoms with Crippen molar-refractivity contribution < 1.29 is 19.4 Å². The molecule has 1 aliphatic rings. The number of rotatable bonds is 4. The molecule has 0 spiro atoms. The minimum absolute atomic E-state index is 0.453. The van der Waals surface area contributed by atoms with Crippen molar-refractivity contribution in [1.29, 1.82) is 0 Å². The number of amides is 1. The van der Waals surface area contributed by atoms with Gasteiger partial charge in [-0.05, 0) is 51.8 Å². The molecule has 2 rings (SSSR count). The molecular formula is C20H33N4O4-. The topological polar surface area (TPSA) is 121 Å². The number of nitrogens with one attached hydrogen (secondary N) is 1. The average Bonchev–Trinajstić information content (AvgIpc) is 2.85. The van der Waals surface area contributed by atoms with Crippen LogP contribution in [0.15, 0.2) is 23.2 Å². The summed E-state index contributed by atoms with van der Waals surface area (Å²) in [4.78, 5) is 16.6. The lowest BCUT2D eigenvalue weighted by Crippen LogP contribution is -2.27. The van der Waals surface area contributed by atoms with Crippen molar-refractivity contribution in [2.75, 3.05) is 27.3 Å². The Morgan fingerprint density at radius 2 is 2.07 bits per heavy atom. The van der Waals surface area contributed by atoms with Gasteiger partial charge in [-0.2, -0.15) is 0 Å². The van der Waals surface area contributed by atoms with Crippen molar-refractivity contribution >= 4 is 17.6 Å². The summed E-state index contributed by atoms with van der Waals surface area (Å²) in [6, 6.07) is 5.27. The van der Waals surface area contributed by atoms with Gasteiger partial charge in [0, 0.05) is 26.8 Å². The van der Waals surface area contributed by atoms with Gasteiger partial charge in [0.1, 0.15) is 11.4 Å². The Kier molecular flexibility index (Phi) is 8.87. The van der Waals surface area contributed by atoms with E-state index in [9.17, 15) is 9.90 Å². The molecule has 2 atom stereocenters. The molecular weight excluding hydrogens is 360 g/mol. The summed E-state index contributed by atoms with van der Waals surface area (Å²) in [6.45, 7) is 8.69. The molecule has 4 N–H and O–H groups in total. The lowest BCUT2D eigenvalue weighted by Gasteiger charge is -2.19. The Hall–Kier alpha value is -2.16. The highest BCUT2D eigenvalue weighted by Crippen LogP contribution is 2.36. The number of fused-ring (bicyclic) bond motifs is 1. The molecule has 1 aliphatic carbocycles. The lowest BCUT2D eigenvalue weighted by molar-refractivity contribution is 0.0600.